The molecule has 2 saturated carbocycles. The Morgan fingerprint density at radius 3 is 1.54 bits per heavy atom. The molecule has 2 N–H and O–H groups in total. The molecule has 2 amide bonds. The first-order valence-corrected chi connectivity index (χ1v) is 24.3. The molecule has 0 saturated heterocycles. The first-order chi connectivity index (χ1) is 29.6. The zero-order valence-electron chi connectivity index (χ0n) is 32.5. The van der Waals surface area contributed by atoms with Gasteiger partial charge in [-0.1, -0.05) is 67.9 Å². The molecule has 17 heteroatoms. The first-order valence-electron chi connectivity index (χ1n) is 18.9. The average Bonchev–Trinajstić information content (AvgIpc) is 4.18. The number of halogens is 4. The number of rotatable bonds is 8. The van der Waals surface area contributed by atoms with Crippen molar-refractivity contribution in [2.45, 2.75) is 57.8 Å². The van der Waals surface area contributed by atoms with Gasteiger partial charge in [0.1, 0.15) is 4.60 Å². The number of carbonyl (C=O) groups excluding carboxylic acids is 2. The third kappa shape index (κ3) is 11.8. The molecule has 2 aliphatic carbocycles. The van der Waals surface area contributed by atoms with Crippen LogP contribution >= 0.6 is 48.8 Å². The summed E-state index contributed by atoms with van der Waals surface area (Å²) in [5.74, 6) is 3.55. The Hall–Kier alpha value is -4.98. The summed E-state index contributed by atoms with van der Waals surface area (Å²) in [6.45, 7) is 4.13. The molecule has 0 radical (unpaired) electrons. The summed E-state index contributed by atoms with van der Waals surface area (Å²) in [6.07, 6.45) is 10.1. The zero-order chi connectivity index (χ0) is 43.0. The normalized spacial score (nSPS) is 14.5. The van der Waals surface area contributed by atoms with E-state index in [4.69, 9.17) is 51.8 Å². The quantitative estimate of drug-likeness (QED) is 0.112. The van der Waals surface area contributed by atoms with Crippen LogP contribution in [0.15, 0.2) is 114 Å². The van der Waals surface area contributed by atoms with Crippen LogP contribution in [-0.2, 0) is 44.2 Å². The summed E-state index contributed by atoms with van der Waals surface area (Å²) in [4.78, 5) is 42.5. The van der Waals surface area contributed by atoms with Gasteiger partial charge in [0, 0.05) is 11.4 Å². The van der Waals surface area contributed by atoms with E-state index < -0.39 is 10.8 Å². The van der Waals surface area contributed by atoms with E-state index in [1.165, 1.54) is 6.20 Å². The van der Waals surface area contributed by atoms with Crippen molar-refractivity contribution >= 4 is 72.3 Å². The monoisotopic (exact) mass is 1020 g/mol. The van der Waals surface area contributed by atoms with Crippen molar-refractivity contribution in [3.63, 3.8) is 0 Å². The van der Waals surface area contributed by atoms with Gasteiger partial charge in [-0.15, -0.1) is 12.1 Å². The number of fused-ring (bicyclic) bond motifs is 2. The summed E-state index contributed by atoms with van der Waals surface area (Å²) >= 11 is 15.9. The van der Waals surface area contributed by atoms with Crippen molar-refractivity contribution in [3.05, 3.63) is 159 Å². The fraction of sp³-hybridized carbons (Fsp3) is 0.239. The summed E-state index contributed by atoms with van der Waals surface area (Å²) < 4.78 is 22.1. The average molecular weight is 1030 g/mol. The molecule has 0 spiro atoms. The molecular weight excluding hydrogens is 984 g/mol. The van der Waals surface area contributed by atoms with E-state index in [2.05, 4.69) is 53.4 Å². The number of benzene rings is 4. The van der Waals surface area contributed by atoms with Gasteiger partial charge < -0.3 is 29.6 Å². The van der Waals surface area contributed by atoms with Crippen LogP contribution in [0.3, 0.4) is 0 Å². The van der Waals surface area contributed by atoms with Crippen LogP contribution in [0.2, 0.25) is 10.0 Å². The number of aromatic nitrogens is 4. The molecule has 4 aliphatic rings. The zero-order valence-corrected chi connectivity index (χ0v) is 39.3. The van der Waals surface area contributed by atoms with Gasteiger partial charge >= 0.3 is 27.0 Å². The minimum atomic E-state index is -0.543. The molecule has 2 aromatic heterocycles. The molecule has 6 aromatic rings. The third-order valence-corrected chi connectivity index (χ3v) is 11.5. The summed E-state index contributed by atoms with van der Waals surface area (Å²) in [7, 11) is 4.76. The topological polar surface area (TPSA) is 147 Å². The molecule has 63 heavy (non-hydrogen) atoms. The summed E-state index contributed by atoms with van der Waals surface area (Å²) in [6, 6.07) is 26.5. The number of nitrogens with zero attached hydrogens (tertiary/aromatic N) is 4. The van der Waals surface area contributed by atoms with E-state index in [0.717, 1.165) is 81.7 Å². The number of ether oxygens (including phenoxy) is 4. The minimum absolute atomic E-state index is 0. The maximum absolute atomic E-state index is 12.9. The molecular formula is C46H44BrCl3N6O6Zn. The number of anilines is 2. The van der Waals surface area contributed by atoms with Crippen molar-refractivity contribution in [1.82, 2.24) is 19.9 Å². The fourth-order valence-corrected chi connectivity index (χ4v) is 7.17. The van der Waals surface area contributed by atoms with Crippen molar-refractivity contribution in [3.8, 4) is 23.0 Å². The molecule has 12 nitrogen and oxygen atoms in total. The Morgan fingerprint density at radius 1 is 0.635 bits per heavy atom. The van der Waals surface area contributed by atoms with Crippen LogP contribution < -0.4 is 29.6 Å². The Bertz CT molecular complexity index is 2490. The van der Waals surface area contributed by atoms with E-state index in [1.54, 1.807) is 18.6 Å². The van der Waals surface area contributed by atoms with Crippen LogP contribution in [-0.4, -0.2) is 45.3 Å². The molecule has 0 atom stereocenters. The Morgan fingerprint density at radius 2 is 1.11 bits per heavy atom. The molecule has 0 bridgehead atoms. The number of hydrogen-bond acceptors (Lipinski definition) is 10. The van der Waals surface area contributed by atoms with E-state index in [1.807, 2.05) is 84.9 Å². The van der Waals surface area contributed by atoms with Crippen molar-refractivity contribution in [2.24, 2.45) is 0 Å². The Kier molecular flexibility index (Phi) is 17.2. The van der Waals surface area contributed by atoms with Crippen LogP contribution in [0.4, 0.5) is 11.6 Å². The molecule has 4 heterocycles. The number of carbonyl (C=O) groups is 2. The Balaban J connectivity index is 0.000000195. The number of nitrogens with one attached hydrogen (secondary N) is 2. The third-order valence-electron chi connectivity index (χ3n) is 10.3. The predicted molar refractivity (Wildman–Crippen MR) is 245 cm³/mol. The van der Waals surface area contributed by atoms with E-state index >= 15 is 0 Å². The SMILES string of the molecule is C.C.O=C(Nc1cnc(Br)cn1)C1(c2ccc3c(c2)OCO3)CC1.O=C(Nc1cnc(Cc2ccccc2Cl)cn1)C1(c2ccc3c(c2)OCO3)CC1.[CH2-]c1ccccc1Cl.[Cl][Zn+]. The van der Waals surface area contributed by atoms with Gasteiger partial charge in [0.25, 0.3) is 0 Å². The number of hydrogen-bond donors (Lipinski definition) is 2. The van der Waals surface area contributed by atoms with Crippen LogP contribution in [0.25, 0.3) is 0 Å². The molecule has 10 rings (SSSR count). The maximum atomic E-state index is 12.9. The molecule has 2 aliphatic heterocycles. The van der Waals surface area contributed by atoms with E-state index in [0.29, 0.717) is 44.9 Å². The summed E-state index contributed by atoms with van der Waals surface area (Å²) in [5.41, 5.74) is 3.48. The van der Waals surface area contributed by atoms with Crippen LogP contribution in [0, 0.1) is 6.92 Å². The van der Waals surface area contributed by atoms with Crippen molar-refractivity contribution < 1.29 is 45.8 Å². The van der Waals surface area contributed by atoms with Gasteiger partial charge in [-0.25, -0.2) is 15.0 Å². The van der Waals surface area contributed by atoms with E-state index in [-0.39, 0.29) is 40.3 Å². The standard InChI is InChI=1S/C22H18ClN3O3.C15H12BrN3O3.C7H6Cl.2CH4.ClH.Zn/c23-17-4-2-1-3-14(17)9-16-11-25-20(12-24-16)26-21(27)22(7-8-22)15-5-6-18-19(10-15)29-13-28-18;16-12-6-18-13(7-17-12)19-14(20)15(3-4-15)9-1-2-10-11(5-9)22-8-21-10;1-6-4-2-3-5-7(6)8;;;;/h1-6,10-12H,7-9,13H2,(H,25,26,27);1-2,5-7H,3-4,8H2,(H,18,19,20);2-5H,1H2;2*1H4;1H;/q;;-1;;;;+2/p-1. The van der Waals surface area contributed by atoms with Crippen molar-refractivity contribution in [2.75, 3.05) is 24.2 Å². The second kappa shape index (κ2) is 22.1. The molecule has 2 fully saturated rings. The van der Waals surface area contributed by atoms with Gasteiger partial charge in [0.15, 0.2) is 34.6 Å². The predicted octanol–water partition coefficient (Wildman–Crippen LogP) is 11.2. The first kappa shape index (κ1) is 49.0. The van der Waals surface area contributed by atoms with E-state index in [9.17, 15) is 9.59 Å². The molecule has 324 valence electrons. The summed E-state index contributed by atoms with van der Waals surface area (Å²) in [5, 5.41) is 7.16. The van der Waals surface area contributed by atoms with Crippen LogP contribution in [0.1, 0.15) is 68.5 Å². The van der Waals surface area contributed by atoms with Crippen LogP contribution in [0.5, 0.6) is 23.0 Å². The second-order valence-electron chi connectivity index (χ2n) is 14.2. The molecule has 4 aromatic carbocycles. The second-order valence-corrected chi connectivity index (χ2v) is 15.8. The molecule has 0 unspecified atom stereocenters. The van der Waals surface area contributed by atoms with Crippen molar-refractivity contribution in [1.29, 1.82) is 0 Å². The van der Waals surface area contributed by atoms with Gasteiger partial charge in [0.05, 0.1) is 41.3 Å². The van der Waals surface area contributed by atoms with Gasteiger partial charge in [0.2, 0.25) is 25.4 Å². The number of amides is 2. The Labute approximate surface area is 399 Å². The van der Waals surface area contributed by atoms with Gasteiger partial charge in [-0.2, -0.15) is 30.2 Å². The van der Waals surface area contributed by atoms with Gasteiger partial charge in [-0.05, 0) is 88.6 Å². The fourth-order valence-electron chi connectivity index (χ4n) is 6.63. The van der Waals surface area contributed by atoms with Gasteiger partial charge in [-0.3, -0.25) is 14.6 Å².